The lowest BCUT2D eigenvalue weighted by atomic mass is 10.0. The van der Waals surface area contributed by atoms with E-state index in [0.29, 0.717) is 23.9 Å². The van der Waals surface area contributed by atoms with Gasteiger partial charge in [-0.05, 0) is 57.8 Å². The van der Waals surface area contributed by atoms with Crippen LogP contribution in [0.3, 0.4) is 0 Å². The van der Waals surface area contributed by atoms with Gasteiger partial charge >= 0.3 is 0 Å². The molecule has 3 atom stereocenters. The Bertz CT molecular complexity index is 1450. The van der Waals surface area contributed by atoms with Gasteiger partial charge in [0.2, 0.25) is 5.91 Å². The second-order valence-electron chi connectivity index (χ2n) is 24.2. The highest BCUT2D eigenvalue weighted by Crippen LogP contribution is 2.38. The maximum Gasteiger partial charge on any atom is 0.268 e. The van der Waals surface area contributed by atoms with Gasteiger partial charge in [0, 0.05) is 6.42 Å². The fourth-order valence-corrected chi connectivity index (χ4v) is 10.8. The summed E-state index contributed by atoms with van der Waals surface area (Å²) in [6, 6.07) is -0.802. The number of unbranched alkanes of at least 4 members (excludes halogenated alkanes) is 39. The Labute approximate surface area is 485 Å². The highest BCUT2D eigenvalue weighted by Gasteiger charge is 2.24. The Hall–Kier alpha value is -1.80. The van der Waals surface area contributed by atoms with Crippen LogP contribution in [0.2, 0.25) is 0 Å². The van der Waals surface area contributed by atoms with Crippen LogP contribution >= 0.6 is 7.82 Å². The molecule has 0 spiro atoms. The van der Waals surface area contributed by atoms with Gasteiger partial charge in [-0.15, -0.1) is 0 Å². The standard InChI is InChI=1S/C69H131N2O6P/c1-6-8-10-12-14-16-18-20-22-24-26-28-29-30-31-32-33-34-35-36-37-38-39-40-41-43-45-47-49-51-53-55-57-59-61-63-69(73)70-67(66-77-78(74,75)76-65-64-71(3,4)5)68(72)62-60-58-56-54-52-50-48-46-44-42-27-25-23-21-19-17-15-13-11-9-7-2/h8,10,14,16,20,22,26,28,30-31,67-68,72H,6-7,9,11-13,15,17-19,21,23-25,27,29,32-66H2,1-5H3,(H-,70,73,74,75)/b10-8-,16-14-,22-20-,28-26-,31-30-. The first-order valence-corrected chi connectivity index (χ1v) is 35.1. The minimum absolute atomic E-state index is 0.0130. The summed E-state index contributed by atoms with van der Waals surface area (Å²) in [6.45, 7) is 4.65. The largest absolute Gasteiger partial charge is 0.756 e. The summed E-state index contributed by atoms with van der Waals surface area (Å²) in [5.74, 6) is -0.160. The summed E-state index contributed by atoms with van der Waals surface area (Å²) < 4.78 is 23.5. The van der Waals surface area contributed by atoms with Crippen LogP contribution < -0.4 is 10.2 Å². The van der Waals surface area contributed by atoms with Crippen molar-refractivity contribution in [2.24, 2.45) is 0 Å². The molecule has 9 heteroatoms. The lowest BCUT2D eigenvalue weighted by Crippen LogP contribution is -2.46. The first-order chi connectivity index (χ1) is 38.0. The van der Waals surface area contributed by atoms with Gasteiger partial charge in [-0.1, -0.05) is 319 Å². The number of allylic oxidation sites excluding steroid dienone is 10. The fourth-order valence-electron chi connectivity index (χ4n) is 10.1. The molecule has 0 aliphatic heterocycles. The average Bonchev–Trinajstić information content (AvgIpc) is 3.41. The third kappa shape index (κ3) is 61.8. The van der Waals surface area contributed by atoms with Gasteiger partial charge in [-0.3, -0.25) is 9.36 Å². The van der Waals surface area contributed by atoms with Gasteiger partial charge in [0.15, 0.2) is 0 Å². The van der Waals surface area contributed by atoms with E-state index in [4.69, 9.17) is 9.05 Å². The van der Waals surface area contributed by atoms with Crippen LogP contribution in [0.1, 0.15) is 322 Å². The van der Waals surface area contributed by atoms with Crippen LogP contribution in [0.5, 0.6) is 0 Å². The number of carbonyl (C=O) groups excluding carboxylic acids is 1. The molecule has 1 amide bonds. The van der Waals surface area contributed by atoms with E-state index in [0.717, 1.165) is 70.6 Å². The first kappa shape index (κ1) is 76.2. The van der Waals surface area contributed by atoms with E-state index in [-0.39, 0.29) is 19.1 Å². The minimum atomic E-state index is -4.58. The number of phosphoric ester groups is 1. The number of amides is 1. The van der Waals surface area contributed by atoms with Gasteiger partial charge in [-0.25, -0.2) is 0 Å². The van der Waals surface area contributed by atoms with Gasteiger partial charge in [-0.2, -0.15) is 0 Å². The fraction of sp³-hybridized carbons (Fsp3) is 0.841. The number of nitrogens with zero attached hydrogens (tertiary/aromatic N) is 1. The Morgan fingerprint density at radius 2 is 0.782 bits per heavy atom. The van der Waals surface area contributed by atoms with Crippen molar-refractivity contribution in [2.45, 2.75) is 334 Å². The molecule has 3 unspecified atom stereocenters. The van der Waals surface area contributed by atoms with Gasteiger partial charge in [0.1, 0.15) is 13.2 Å². The first-order valence-electron chi connectivity index (χ1n) is 33.6. The molecule has 2 N–H and O–H groups in total. The van der Waals surface area contributed by atoms with Gasteiger partial charge in [0.05, 0.1) is 39.9 Å². The molecule has 0 saturated carbocycles. The predicted octanol–water partition coefficient (Wildman–Crippen LogP) is 20.6. The van der Waals surface area contributed by atoms with Crippen molar-refractivity contribution >= 4 is 13.7 Å². The maximum absolute atomic E-state index is 13.0. The molecule has 78 heavy (non-hydrogen) atoms. The molecule has 458 valence electrons. The summed E-state index contributed by atoms with van der Waals surface area (Å²) >= 11 is 0. The number of phosphoric acid groups is 1. The molecule has 0 rings (SSSR count). The van der Waals surface area contributed by atoms with Crippen LogP contribution in [0.4, 0.5) is 0 Å². The highest BCUT2D eigenvalue weighted by molar-refractivity contribution is 7.45. The summed E-state index contributed by atoms with van der Waals surface area (Å²) in [5, 5.41) is 14.1. The van der Waals surface area contributed by atoms with Gasteiger partial charge in [0.25, 0.3) is 7.82 Å². The molecule has 0 radical (unpaired) electrons. The second-order valence-corrected chi connectivity index (χ2v) is 25.6. The van der Waals surface area contributed by atoms with E-state index in [1.165, 1.54) is 225 Å². The summed E-state index contributed by atoms with van der Waals surface area (Å²) in [6.07, 6.45) is 81.4. The number of hydrogen-bond donors (Lipinski definition) is 2. The molecular formula is C69H131N2O6P. The van der Waals surface area contributed by atoms with Crippen LogP contribution in [0.15, 0.2) is 60.8 Å². The lowest BCUT2D eigenvalue weighted by molar-refractivity contribution is -0.870. The highest BCUT2D eigenvalue weighted by atomic mass is 31.2. The molecule has 0 saturated heterocycles. The Morgan fingerprint density at radius 1 is 0.462 bits per heavy atom. The predicted molar refractivity (Wildman–Crippen MR) is 339 cm³/mol. The zero-order valence-corrected chi connectivity index (χ0v) is 53.3. The second kappa shape index (κ2) is 59.8. The molecule has 8 nitrogen and oxygen atoms in total. The number of nitrogens with one attached hydrogen (secondary N) is 1. The monoisotopic (exact) mass is 1110 g/mol. The van der Waals surface area contributed by atoms with Crippen molar-refractivity contribution in [2.75, 3.05) is 40.9 Å². The number of quaternary nitrogens is 1. The minimum Gasteiger partial charge on any atom is -0.756 e. The van der Waals surface area contributed by atoms with E-state index < -0.39 is 20.0 Å². The molecule has 0 aliphatic rings. The number of likely N-dealkylation sites (N-methyl/N-ethyl adjacent to an activating group) is 1. The van der Waals surface area contributed by atoms with Crippen molar-refractivity contribution in [3.05, 3.63) is 60.8 Å². The summed E-state index contributed by atoms with van der Waals surface area (Å²) in [7, 11) is 1.32. The Kier molecular flexibility index (Phi) is 58.4. The van der Waals surface area contributed by atoms with E-state index in [1.807, 2.05) is 21.1 Å². The van der Waals surface area contributed by atoms with E-state index >= 15 is 0 Å². The van der Waals surface area contributed by atoms with Crippen LogP contribution in [-0.2, 0) is 18.4 Å². The molecule has 0 heterocycles. The number of carbonyl (C=O) groups is 1. The molecule has 0 aromatic heterocycles. The summed E-state index contributed by atoms with van der Waals surface area (Å²) in [5.41, 5.74) is 0. The van der Waals surface area contributed by atoms with Crippen molar-refractivity contribution < 1.29 is 32.9 Å². The molecule has 0 aromatic rings. The van der Waals surface area contributed by atoms with Crippen molar-refractivity contribution in [3.8, 4) is 0 Å². The van der Waals surface area contributed by atoms with E-state index in [1.54, 1.807) is 0 Å². The summed E-state index contributed by atoms with van der Waals surface area (Å²) in [4.78, 5) is 25.6. The zero-order chi connectivity index (χ0) is 57.0. The molecule has 0 aromatic carbocycles. The van der Waals surface area contributed by atoms with Crippen molar-refractivity contribution in [3.63, 3.8) is 0 Å². The normalized spacial score (nSPS) is 14.1. The topological polar surface area (TPSA) is 108 Å². The number of rotatable bonds is 62. The SMILES string of the molecule is CC/C=C\C/C=C\C/C=C\C/C=C\C/C=C\CCCCCCCCCCCCCCCCCCCCCC(=O)NC(COP(=O)([O-])OCC[N+](C)(C)C)C(O)CCCCCCCCCCCCCCCCCCCCCCC. The molecule has 0 bridgehead atoms. The molecule has 0 aliphatic carbocycles. The molecule has 0 fully saturated rings. The van der Waals surface area contributed by atoms with E-state index in [9.17, 15) is 19.4 Å². The van der Waals surface area contributed by atoms with Crippen molar-refractivity contribution in [1.29, 1.82) is 0 Å². The zero-order valence-electron chi connectivity index (χ0n) is 52.4. The van der Waals surface area contributed by atoms with Crippen LogP contribution in [0.25, 0.3) is 0 Å². The van der Waals surface area contributed by atoms with E-state index in [2.05, 4.69) is 79.9 Å². The number of hydrogen-bond acceptors (Lipinski definition) is 6. The number of aliphatic hydroxyl groups excluding tert-OH is 1. The smallest absolute Gasteiger partial charge is 0.268 e. The Morgan fingerprint density at radius 3 is 1.14 bits per heavy atom. The quantitative estimate of drug-likeness (QED) is 0.0272. The van der Waals surface area contributed by atoms with Crippen LogP contribution in [0, 0.1) is 0 Å². The van der Waals surface area contributed by atoms with Gasteiger partial charge < -0.3 is 28.8 Å². The lowest BCUT2D eigenvalue weighted by Gasteiger charge is -2.30. The third-order valence-corrected chi connectivity index (χ3v) is 16.2. The number of aliphatic hydroxyl groups is 1. The van der Waals surface area contributed by atoms with Crippen molar-refractivity contribution in [1.82, 2.24) is 5.32 Å². The maximum atomic E-state index is 13.0. The molecular weight excluding hydrogens is 984 g/mol. The average molecular weight is 1120 g/mol. The Balaban J connectivity index is 4.00. The third-order valence-electron chi connectivity index (χ3n) is 15.3. The van der Waals surface area contributed by atoms with Crippen LogP contribution in [-0.4, -0.2) is 68.5 Å².